The Labute approximate surface area is 106 Å². The molecule has 0 amide bonds. The van der Waals surface area contributed by atoms with E-state index in [0.29, 0.717) is 0 Å². The third-order valence-corrected chi connectivity index (χ3v) is 5.29. The van der Waals surface area contributed by atoms with Crippen LogP contribution in [-0.4, -0.2) is 17.5 Å². The van der Waals surface area contributed by atoms with Crippen molar-refractivity contribution in [3.05, 3.63) is 11.6 Å². The van der Waals surface area contributed by atoms with E-state index in [9.17, 15) is 0 Å². The molecule has 0 saturated carbocycles. The summed E-state index contributed by atoms with van der Waals surface area (Å²) in [7, 11) is 4.70. The quantitative estimate of drug-likeness (QED) is 0.390. The Morgan fingerprint density at radius 2 is 1.50 bits per heavy atom. The predicted octanol–water partition coefficient (Wildman–Crippen LogP) is 4.94. The van der Waals surface area contributed by atoms with E-state index >= 15 is 0 Å². The summed E-state index contributed by atoms with van der Waals surface area (Å²) in [6.07, 6.45) is 3.71. The Balaban J connectivity index is 0. The van der Waals surface area contributed by atoms with Crippen molar-refractivity contribution in [2.45, 2.75) is 52.9 Å². The Morgan fingerprint density at radius 1 is 1.14 bits per heavy atom. The van der Waals surface area contributed by atoms with Crippen LogP contribution in [0.5, 0.6) is 0 Å². The molecule has 0 atom stereocenters. The maximum absolute atomic E-state index is 4.49. The summed E-state index contributed by atoms with van der Waals surface area (Å²) in [5.74, 6) is 0. The van der Waals surface area contributed by atoms with Crippen molar-refractivity contribution in [3.8, 4) is 0 Å². The standard InChI is InChI=1S/C11H23P.ClH.Pd/c1-9(2)7-8-12(10(3)4)11(5)6;;/h7,10-11H,8H2,1-6H3;1H;/q;;+1/p-1. The average molecular weight is 328 g/mol. The van der Waals surface area contributed by atoms with Crippen LogP contribution in [0, 0.1) is 0 Å². The van der Waals surface area contributed by atoms with Crippen molar-refractivity contribution in [1.29, 1.82) is 0 Å². The Hall–Kier alpha value is 1.12. The summed E-state index contributed by atoms with van der Waals surface area (Å²) in [5, 5.41) is 0. The summed E-state index contributed by atoms with van der Waals surface area (Å²) >= 11 is 2.22. The van der Waals surface area contributed by atoms with Gasteiger partial charge in [-0.25, -0.2) is 0 Å². The molecule has 0 aromatic carbocycles. The second-order valence-corrected chi connectivity index (χ2v) is 7.62. The van der Waals surface area contributed by atoms with Crippen molar-refractivity contribution in [2.24, 2.45) is 0 Å². The Morgan fingerprint density at radius 3 is 1.71 bits per heavy atom. The van der Waals surface area contributed by atoms with Crippen LogP contribution in [0.2, 0.25) is 0 Å². The molecule has 0 unspecified atom stereocenters. The zero-order valence-corrected chi connectivity index (χ0v) is 13.3. The van der Waals surface area contributed by atoms with Crippen LogP contribution in [0.15, 0.2) is 11.6 Å². The SMILES string of the molecule is CC(C)=CCP(C(C)C)C(C)C.[Cl][Pd]. The summed E-state index contributed by atoms with van der Waals surface area (Å²) in [6.45, 7) is 13.8. The fourth-order valence-electron chi connectivity index (χ4n) is 1.31. The summed E-state index contributed by atoms with van der Waals surface area (Å²) in [5.41, 5.74) is 3.20. The van der Waals surface area contributed by atoms with Gasteiger partial charge in [0.15, 0.2) is 0 Å². The molecule has 0 aromatic heterocycles. The molecule has 3 heteroatoms. The van der Waals surface area contributed by atoms with Crippen LogP contribution < -0.4 is 0 Å². The minimum atomic E-state index is 0.212. The van der Waals surface area contributed by atoms with E-state index in [1.165, 1.54) is 11.7 Å². The van der Waals surface area contributed by atoms with Crippen LogP contribution in [0.3, 0.4) is 0 Å². The van der Waals surface area contributed by atoms with Gasteiger partial charge in [-0.05, 0) is 31.3 Å². The second kappa shape index (κ2) is 10.6. The van der Waals surface area contributed by atoms with E-state index in [2.05, 4.69) is 75.3 Å². The van der Waals surface area contributed by atoms with Crippen molar-refractivity contribution in [3.63, 3.8) is 0 Å². The van der Waals surface area contributed by atoms with Crippen LogP contribution in [0.4, 0.5) is 0 Å². The zero-order chi connectivity index (χ0) is 11.7. The molecule has 0 aliphatic rings. The van der Waals surface area contributed by atoms with Crippen molar-refractivity contribution in [1.82, 2.24) is 0 Å². The number of allylic oxidation sites excluding steroid dienone is 2. The van der Waals surface area contributed by atoms with Gasteiger partial charge in [-0.2, -0.15) is 0 Å². The van der Waals surface area contributed by atoms with Crippen LogP contribution in [0.25, 0.3) is 0 Å². The maximum atomic E-state index is 4.49. The van der Waals surface area contributed by atoms with Crippen LogP contribution in [0.1, 0.15) is 41.5 Å². The Bertz CT molecular complexity index is 143. The molecule has 0 spiro atoms. The molecule has 0 fully saturated rings. The molecular formula is C11H23ClPPd. The summed E-state index contributed by atoms with van der Waals surface area (Å²) < 4.78 is 0. The molecular weight excluding hydrogens is 305 g/mol. The van der Waals surface area contributed by atoms with Gasteiger partial charge in [0.2, 0.25) is 0 Å². The van der Waals surface area contributed by atoms with Gasteiger partial charge in [-0.3, -0.25) is 0 Å². The van der Waals surface area contributed by atoms with Gasteiger partial charge in [0, 0.05) is 0 Å². The predicted molar refractivity (Wildman–Crippen MR) is 67.3 cm³/mol. The van der Waals surface area contributed by atoms with Gasteiger partial charge in [0.05, 0.1) is 0 Å². The first-order valence-corrected chi connectivity index (χ1v) is 8.63. The van der Waals surface area contributed by atoms with Gasteiger partial charge in [-0.1, -0.05) is 47.3 Å². The van der Waals surface area contributed by atoms with E-state index in [1.54, 1.807) is 0 Å². The fraction of sp³-hybridized carbons (Fsp3) is 0.818. The molecule has 0 rings (SSSR count). The van der Waals surface area contributed by atoms with E-state index < -0.39 is 0 Å². The third-order valence-electron chi connectivity index (χ3n) is 2.04. The zero-order valence-electron chi connectivity index (χ0n) is 10.1. The van der Waals surface area contributed by atoms with E-state index in [1.807, 2.05) is 0 Å². The average Bonchev–Trinajstić information content (AvgIpc) is 2.06. The fourth-order valence-corrected chi connectivity index (χ4v) is 3.92. The number of hydrogen-bond acceptors (Lipinski definition) is 0. The van der Waals surface area contributed by atoms with Gasteiger partial charge in [0.25, 0.3) is 0 Å². The van der Waals surface area contributed by atoms with Crippen LogP contribution in [-0.2, 0) is 18.2 Å². The molecule has 0 radical (unpaired) electrons. The topological polar surface area (TPSA) is 0 Å². The summed E-state index contributed by atoms with van der Waals surface area (Å²) in [4.78, 5) is 0. The Kier molecular flexibility index (Phi) is 13.3. The first-order valence-electron chi connectivity index (χ1n) is 4.96. The first-order chi connectivity index (χ1) is 6.45. The molecule has 89 valence electrons. The van der Waals surface area contributed by atoms with Gasteiger partial charge in [0.1, 0.15) is 0 Å². The van der Waals surface area contributed by atoms with Crippen LogP contribution >= 0.6 is 17.5 Å². The molecule has 14 heavy (non-hydrogen) atoms. The number of rotatable bonds is 4. The molecule has 0 aliphatic carbocycles. The molecule has 0 N–H and O–H groups in total. The number of halogens is 1. The minimum absolute atomic E-state index is 0.212. The summed E-state index contributed by atoms with van der Waals surface area (Å²) in [6, 6.07) is 0. The second-order valence-electron chi connectivity index (χ2n) is 4.17. The van der Waals surface area contributed by atoms with Gasteiger partial charge in [-0.15, -0.1) is 0 Å². The van der Waals surface area contributed by atoms with E-state index in [4.69, 9.17) is 0 Å². The molecule has 0 aromatic rings. The molecule has 0 nitrogen and oxygen atoms in total. The van der Waals surface area contributed by atoms with E-state index in [0.717, 1.165) is 11.3 Å². The monoisotopic (exact) mass is 327 g/mol. The molecule has 0 bridgehead atoms. The van der Waals surface area contributed by atoms with E-state index in [-0.39, 0.29) is 7.92 Å². The normalized spacial score (nSPS) is 10.3. The van der Waals surface area contributed by atoms with Crippen molar-refractivity contribution >= 4 is 17.5 Å². The third kappa shape index (κ3) is 9.67. The number of hydrogen-bond donors (Lipinski definition) is 0. The van der Waals surface area contributed by atoms with Crippen molar-refractivity contribution in [2.75, 3.05) is 6.16 Å². The molecule has 0 saturated heterocycles. The molecule has 0 aliphatic heterocycles. The first kappa shape index (κ1) is 17.5. The van der Waals surface area contributed by atoms with Gasteiger partial charge >= 0.3 is 27.7 Å². The van der Waals surface area contributed by atoms with Gasteiger partial charge < -0.3 is 0 Å². The molecule has 0 heterocycles. The van der Waals surface area contributed by atoms with Crippen molar-refractivity contribution < 1.29 is 18.2 Å².